The minimum absolute atomic E-state index is 0.142. The van der Waals surface area contributed by atoms with Crippen molar-refractivity contribution in [2.24, 2.45) is 0 Å². The van der Waals surface area contributed by atoms with E-state index in [0.29, 0.717) is 20.6 Å². The predicted octanol–water partition coefficient (Wildman–Crippen LogP) is 5.20. The highest BCUT2D eigenvalue weighted by atomic mass is 32.2. The van der Waals surface area contributed by atoms with Gasteiger partial charge in [0.25, 0.3) is 5.91 Å². The summed E-state index contributed by atoms with van der Waals surface area (Å²) in [6, 6.07) is 21.2. The van der Waals surface area contributed by atoms with Gasteiger partial charge in [-0.3, -0.25) is 14.5 Å². The van der Waals surface area contributed by atoms with Crippen LogP contribution in [-0.2, 0) is 9.59 Å². The van der Waals surface area contributed by atoms with E-state index in [4.69, 9.17) is 12.2 Å². The first kappa shape index (κ1) is 18.4. The predicted molar refractivity (Wildman–Crippen MR) is 120 cm³/mol. The summed E-state index contributed by atoms with van der Waals surface area (Å²) >= 11 is 6.74. The van der Waals surface area contributed by atoms with Gasteiger partial charge in [0.15, 0.2) is 4.32 Å². The van der Waals surface area contributed by atoms with Crippen molar-refractivity contribution in [1.29, 1.82) is 0 Å². The third-order valence-corrected chi connectivity index (χ3v) is 5.65. The average molecular weight is 405 g/mol. The SMILES string of the molecule is CC(=O)Nc1ccc(N2C(=O)/C(=C/c3cccc4ccccc34)SC2=S)cc1. The quantitative estimate of drug-likeness (QED) is 0.481. The highest BCUT2D eigenvalue weighted by Crippen LogP contribution is 2.37. The number of hydrogen-bond donors (Lipinski definition) is 1. The summed E-state index contributed by atoms with van der Waals surface area (Å²) in [4.78, 5) is 26.3. The first-order chi connectivity index (χ1) is 13.5. The molecule has 6 heteroatoms. The number of amides is 2. The van der Waals surface area contributed by atoms with Gasteiger partial charge >= 0.3 is 0 Å². The molecule has 1 N–H and O–H groups in total. The molecular weight excluding hydrogens is 388 g/mol. The van der Waals surface area contributed by atoms with Crippen LogP contribution in [0.5, 0.6) is 0 Å². The largest absolute Gasteiger partial charge is 0.326 e. The molecule has 0 aromatic heterocycles. The molecular formula is C22H16N2O2S2. The van der Waals surface area contributed by atoms with Gasteiger partial charge in [-0.25, -0.2) is 0 Å². The van der Waals surface area contributed by atoms with Gasteiger partial charge in [0, 0.05) is 12.6 Å². The Balaban J connectivity index is 1.65. The van der Waals surface area contributed by atoms with Crippen LogP contribution in [0.3, 0.4) is 0 Å². The number of nitrogens with one attached hydrogen (secondary N) is 1. The van der Waals surface area contributed by atoms with Gasteiger partial charge in [-0.2, -0.15) is 0 Å². The first-order valence-electron chi connectivity index (χ1n) is 8.66. The molecule has 1 aliphatic heterocycles. The summed E-state index contributed by atoms with van der Waals surface area (Å²) in [5, 5.41) is 4.93. The monoisotopic (exact) mass is 404 g/mol. The Hall–Kier alpha value is -2.96. The number of anilines is 2. The Labute approximate surface area is 172 Å². The van der Waals surface area contributed by atoms with Gasteiger partial charge in [-0.15, -0.1) is 0 Å². The lowest BCUT2D eigenvalue weighted by atomic mass is 10.0. The van der Waals surface area contributed by atoms with Crippen molar-refractivity contribution in [2.75, 3.05) is 10.2 Å². The average Bonchev–Trinajstić information content (AvgIpc) is 2.96. The van der Waals surface area contributed by atoms with Crippen molar-refractivity contribution in [3.8, 4) is 0 Å². The van der Waals surface area contributed by atoms with Crippen molar-refractivity contribution >= 4 is 68.3 Å². The lowest BCUT2D eigenvalue weighted by Gasteiger charge is -2.15. The van der Waals surface area contributed by atoms with E-state index in [0.717, 1.165) is 16.3 Å². The van der Waals surface area contributed by atoms with Gasteiger partial charge < -0.3 is 5.32 Å². The molecule has 3 aromatic carbocycles. The maximum Gasteiger partial charge on any atom is 0.270 e. The molecule has 138 valence electrons. The summed E-state index contributed by atoms with van der Waals surface area (Å²) in [6.45, 7) is 1.45. The second kappa shape index (κ2) is 7.58. The molecule has 0 saturated carbocycles. The minimum Gasteiger partial charge on any atom is -0.326 e. The van der Waals surface area contributed by atoms with Crippen LogP contribution in [0.15, 0.2) is 71.6 Å². The molecule has 0 unspecified atom stereocenters. The number of carbonyl (C=O) groups excluding carboxylic acids is 2. The van der Waals surface area contributed by atoms with Gasteiger partial charge in [0.2, 0.25) is 5.91 Å². The van der Waals surface area contributed by atoms with Crippen LogP contribution < -0.4 is 10.2 Å². The van der Waals surface area contributed by atoms with Gasteiger partial charge in [-0.05, 0) is 46.7 Å². The lowest BCUT2D eigenvalue weighted by molar-refractivity contribution is -0.114. The van der Waals surface area contributed by atoms with E-state index < -0.39 is 0 Å². The zero-order chi connectivity index (χ0) is 19.7. The first-order valence-corrected chi connectivity index (χ1v) is 9.89. The highest BCUT2D eigenvalue weighted by Gasteiger charge is 2.33. The molecule has 1 aliphatic rings. The van der Waals surface area contributed by atoms with Gasteiger partial charge in [-0.1, -0.05) is 66.4 Å². The van der Waals surface area contributed by atoms with Crippen molar-refractivity contribution in [1.82, 2.24) is 0 Å². The molecule has 0 atom stereocenters. The fourth-order valence-electron chi connectivity index (χ4n) is 3.10. The van der Waals surface area contributed by atoms with Crippen LogP contribution in [0.4, 0.5) is 11.4 Å². The third kappa shape index (κ3) is 3.56. The number of carbonyl (C=O) groups is 2. The molecule has 0 aliphatic carbocycles. The molecule has 1 saturated heterocycles. The maximum absolute atomic E-state index is 13.0. The molecule has 28 heavy (non-hydrogen) atoms. The van der Waals surface area contributed by atoms with Crippen LogP contribution in [-0.4, -0.2) is 16.1 Å². The molecule has 0 bridgehead atoms. The van der Waals surface area contributed by atoms with E-state index in [9.17, 15) is 9.59 Å². The Bertz CT molecular complexity index is 1130. The topological polar surface area (TPSA) is 49.4 Å². The van der Waals surface area contributed by atoms with Crippen molar-refractivity contribution in [3.63, 3.8) is 0 Å². The minimum atomic E-state index is -0.143. The normalized spacial score (nSPS) is 15.5. The molecule has 2 amide bonds. The number of thiocarbonyl (C=S) groups is 1. The van der Waals surface area contributed by atoms with Crippen molar-refractivity contribution < 1.29 is 9.59 Å². The summed E-state index contributed by atoms with van der Waals surface area (Å²) in [5.41, 5.74) is 2.34. The van der Waals surface area contributed by atoms with Crippen molar-refractivity contribution in [2.45, 2.75) is 6.92 Å². The Kier molecular flexibility index (Phi) is 4.98. The molecule has 0 spiro atoms. The Morgan fingerprint density at radius 3 is 2.50 bits per heavy atom. The fourth-order valence-corrected chi connectivity index (χ4v) is 4.39. The summed E-state index contributed by atoms with van der Waals surface area (Å²) in [6.07, 6.45) is 1.90. The summed E-state index contributed by atoms with van der Waals surface area (Å²) < 4.78 is 0.490. The maximum atomic E-state index is 13.0. The molecule has 1 heterocycles. The van der Waals surface area contributed by atoms with E-state index in [1.165, 1.54) is 23.6 Å². The summed E-state index contributed by atoms with van der Waals surface area (Å²) in [5.74, 6) is -0.286. The second-order valence-corrected chi connectivity index (χ2v) is 7.99. The lowest BCUT2D eigenvalue weighted by Crippen LogP contribution is -2.27. The van der Waals surface area contributed by atoms with E-state index in [2.05, 4.69) is 17.4 Å². The molecule has 4 nitrogen and oxygen atoms in total. The zero-order valence-corrected chi connectivity index (χ0v) is 16.6. The van der Waals surface area contributed by atoms with E-state index in [-0.39, 0.29) is 11.8 Å². The van der Waals surface area contributed by atoms with E-state index >= 15 is 0 Å². The molecule has 3 aromatic rings. The fraction of sp³-hybridized carbons (Fsp3) is 0.0455. The van der Waals surface area contributed by atoms with Crippen LogP contribution in [0, 0.1) is 0 Å². The van der Waals surface area contributed by atoms with Crippen molar-refractivity contribution in [3.05, 3.63) is 77.2 Å². The van der Waals surface area contributed by atoms with Crippen LogP contribution in [0.1, 0.15) is 12.5 Å². The van der Waals surface area contributed by atoms with E-state index in [1.807, 2.05) is 36.4 Å². The van der Waals surface area contributed by atoms with Crippen LogP contribution in [0.25, 0.3) is 16.8 Å². The van der Waals surface area contributed by atoms with E-state index in [1.54, 1.807) is 24.3 Å². The third-order valence-electron chi connectivity index (χ3n) is 4.35. The Morgan fingerprint density at radius 2 is 1.75 bits per heavy atom. The van der Waals surface area contributed by atoms with Crippen LogP contribution in [0.2, 0.25) is 0 Å². The van der Waals surface area contributed by atoms with Gasteiger partial charge in [0.05, 0.1) is 10.6 Å². The van der Waals surface area contributed by atoms with Crippen LogP contribution >= 0.6 is 24.0 Å². The van der Waals surface area contributed by atoms with Gasteiger partial charge in [0.1, 0.15) is 0 Å². The number of thioether (sulfide) groups is 1. The molecule has 0 radical (unpaired) electrons. The standard InChI is InChI=1S/C22H16N2O2S2/c1-14(25)23-17-9-11-18(12-10-17)24-21(26)20(28-22(24)27)13-16-7-4-6-15-5-2-3-8-19(15)16/h2-13H,1H3,(H,23,25)/b20-13-. The number of nitrogens with zero attached hydrogens (tertiary/aromatic N) is 1. The number of rotatable bonds is 3. The number of benzene rings is 3. The molecule has 4 rings (SSSR count). The molecule has 1 fully saturated rings. The smallest absolute Gasteiger partial charge is 0.270 e. The second-order valence-electron chi connectivity index (χ2n) is 6.31. The highest BCUT2D eigenvalue weighted by molar-refractivity contribution is 8.27. The summed E-state index contributed by atoms with van der Waals surface area (Å²) in [7, 11) is 0. The Morgan fingerprint density at radius 1 is 1.04 bits per heavy atom. The number of fused-ring (bicyclic) bond motifs is 1. The zero-order valence-electron chi connectivity index (χ0n) is 15.0. The number of hydrogen-bond acceptors (Lipinski definition) is 4.